The molecule has 0 fully saturated rings. The average Bonchev–Trinajstić information content (AvgIpc) is 4.09. The van der Waals surface area contributed by atoms with E-state index in [-0.39, 0.29) is 50.1 Å². The third-order valence-corrected chi connectivity index (χ3v) is 10.2. The molecule has 3 N–H and O–H groups in total. The van der Waals surface area contributed by atoms with Gasteiger partial charge in [0.2, 0.25) is 11.6 Å². The Balaban J connectivity index is 1.53. The molecule has 0 saturated heterocycles. The highest BCUT2D eigenvalue weighted by atomic mass is 19.2. The van der Waals surface area contributed by atoms with Gasteiger partial charge in [-0.3, -0.25) is 0 Å². The van der Waals surface area contributed by atoms with E-state index < -0.39 is 80.4 Å². The first-order chi connectivity index (χ1) is 28.3. The Morgan fingerprint density at radius 1 is 0.390 bits per heavy atom. The van der Waals surface area contributed by atoms with Crippen LogP contribution in [0.2, 0.25) is 0 Å². The highest BCUT2D eigenvalue weighted by Gasteiger charge is 2.31. The highest BCUT2D eigenvalue weighted by Crippen LogP contribution is 2.43. The fourth-order valence-electron chi connectivity index (χ4n) is 7.43. The van der Waals surface area contributed by atoms with Crippen LogP contribution in [-0.2, 0) is 0 Å². The maximum atomic E-state index is 15.7. The second-order valence-corrected chi connectivity index (χ2v) is 13.3. The van der Waals surface area contributed by atoms with E-state index >= 15 is 17.6 Å². The van der Waals surface area contributed by atoms with Gasteiger partial charge in [-0.25, -0.2) is 48.9 Å². The van der Waals surface area contributed by atoms with Crippen LogP contribution in [0.15, 0.2) is 66.7 Å². The molecular weight excluding hydrogens is 794 g/mol. The van der Waals surface area contributed by atoms with Gasteiger partial charge in [0.05, 0.1) is 47.8 Å². The summed E-state index contributed by atoms with van der Waals surface area (Å²) in [6.07, 6.45) is 2.71. The maximum absolute atomic E-state index is 15.7. The first-order valence-electron chi connectivity index (χ1n) is 17.4. The smallest absolute Gasteiger partial charge is 0.200 e. The Kier molecular flexibility index (Phi) is 8.68. The van der Waals surface area contributed by atoms with E-state index in [1.807, 2.05) is 0 Å². The molecule has 5 heterocycles. The van der Waals surface area contributed by atoms with Crippen LogP contribution in [0.5, 0.6) is 11.5 Å². The number of aromatic amines is 3. The van der Waals surface area contributed by atoms with E-state index in [0.29, 0.717) is 27.8 Å². The molecule has 0 spiro atoms. The Hall–Kier alpha value is -7.23. The Bertz CT molecular complexity index is 3220. The summed E-state index contributed by atoms with van der Waals surface area (Å²) in [5.74, 6) is -21.2. The Morgan fingerprint density at radius 2 is 0.814 bits per heavy atom. The van der Waals surface area contributed by atoms with Gasteiger partial charge >= 0.3 is 0 Å². The van der Waals surface area contributed by atoms with Crippen LogP contribution < -0.4 is 9.47 Å². The molecule has 0 radical (unpaired) electrons. The van der Waals surface area contributed by atoms with Gasteiger partial charge in [0.1, 0.15) is 11.5 Å². The standard InChI is InChI=1S/C43H22F10N4O2/c1-58-16-3-4-17-19(15-16)18(5-14-28(17)59-2)29-22-10-12-26(56-22)30(32-34(44)38(48)42(52)39(49)35(32)45)24-8-6-20(54-24)21-7-9-25(55-21)31(27-13-11-23(29)57-27)33-36(46)40(50)43(53)41(51)37(33)47/h3-15,54-56H,1-2H3. The van der Waals surface area contributed by atoms with Crippen LogP contribution in [0, 0.1) is 58.2 Å². The van der Waals surface area contributed by atoms with Crippen LogP contribution in [0.4, 0.5) is 43.9 Å². The molecule has 8 aromatic rings. The number of benzene rings is 4. The van der Waals surface area contributed by atoms with Crippen molar-refractivity contribution in [3.05, 3.63) is 136 Å². The van der Waals surface area contributed by atoms with Crippen LogP contribution in [-0.4, -0.2) is 34.2 Å². The number of H-pyrrole nitrogens is 3. The second kappa shape index (κ2) is 13.7. The summed E-state index contributed by atoms with van der Waals surface area (Å²) in [6.45, 7) is 0. The van der Waals surface area contributed by atoms with Crippen molar-refractivity contribution >= 4 is 56.0 Å². The fraction of sp³-hybridized carbons (Fsp3) is 0.0465. The number of halogens is 10. The number of aromatic nitrogens is 4. The number of nitrogens with zero attached hydrogens (tertiary/aromatic N) is 1. The summed E-state index contributed by atoms with van der Waals surface area (Å²) >= 11 is 0. The SMILES string of the molecule is COc1ccc2c(OC)ccc(-c3c4nc(c(-c5c(F)c(F)c(F)c(F)c5F)c5ccc([nH]5)c5ccc([nH]5)c(-c5c(F)c(F)c(F)c(F)c5F)c5ccc3[nH]5)C=C4)c2c1. The lowest BCUT2D eigenvalue weighted by atomic mass is 9.96. The first kappa shape index (κ1) is 37.4. The largest absolute Gasteiger partial charge is 0.497 e. The molecule has 9 rings (SSSR count). The van der Waals surface area contributed by atoms with Crippen molar-refractivity contribution in [1.82, 2.24) is 19.9 Å². The lowest BCUT2D eigenvalue weighted by Crippen LogP contribution is -2.05. The summed E-state index contributed by atoms with van der Waals surface area (Å²) in [7, 11) is 2.88. The lowest BCUT2D eigenvalue weighted by Gasteiger charge is -2.13. The van der Waals surface area contributed by atoms with Crippen LogP contribution in [0.3, 0.4) is 0 Å². The molecule has 1 aliphatic rings. The third-order valence-electron chi connectivity index (χ3n) is 10.2. The molecule has 1 aliphatic heterocycles. The first-order valence-corrected chi connectivity index (χ1v) is 17.4. The van der Waals surface area contributed by atoms with Crippen molar-refractivity contribution in [2.75, 3.05) is 14.2 Å². The molecule has 296 valence electrons. The molecule has 0 saturated carbocycles. The van der Waals surface area contributed by atoms with E-state index in [0.717, 1.165) is 0 Å². The number of ether oxygens (including phenoxy) is 2. The van der Waals surface area contributed by atoms with E-state index in [4.69, 9.17) is 9.47 Å². The van der Waals surface area contributed by atoms with Gasteiger partial charge in [0.15, 0.2) is 46.5 Å². The predicted octanol–water partition coefficient (Wildman–Crippen LogP) is 12.3. The summed E-state index contributed by atoms with van der Waals surface area (Å²) in [5, 5.41) is 1.06. The van der Waals surface area contributed by atoms with Crippen LogP contribution in [0.1, 0.15) is 11.4 Å². The predicted molar refractivity (Wildman–Crippen MR) is 202 cm³/mol. The number of hydrogen-bond acceptors (Lipinski definition) is 3. The zero-order chi connectivity index (χ0) is 41.6. The topological polar surface area (TPSA) is 78.7 Å². The molecule has 4 aromatic heterocycles. The van der Waals surface area contributed by atoms with Crippen molar-refractivity contribution in [3.63, 3.8) is 0 Å². The number of hydrogen-bond donors (Lipinski definition) is 3. The molecule has 0 atom stereocenters. The summed E-state index contributed by atoms with van der Waals surface area (Å²) in [6, 6.07) is 16.4. The Labute approximate surface area is 324 Å². The summed E-state index contributed by atoms with van der Waals surface area (Å²) in [4.78, 5) is 13.5. The van der Waals surface area contributed by atoms with Gasteiger partial charge in [-0.2, -0.15) is 0 Å². The number of rotatable bonds is 5. The summed E-state index contributed by atoms with van der Waals surface area (Å²) in [5.41, 5.74) is -3.26. The molecule has 0 amide bonds. The van der Waals surface area contributed by atoms with Gasteiger partial charge in [-0.1, -0.05) is 0 Å². The molecular formula is C43H22F10N4O2. The molecule has 8 bridgehead atoms. The van der Waals surface area contributed by atoms with Gasteiger partial charge in [0, 0.05) is 44.1 Å². The zero-order valence-corrected chi connectivity index (χ0v) is 30.0. The quantitative estimate of drug-likeness (QED) is 0.0920. The van der Waals surface area contributed by atoms with E-state index in [9.17, 15) is 26.3 Å². The average molecular weight is 817 g/mol. The molecule has 16 heteroatoms. The third kappa shape index (κ3) is 5.61. The van der Waals surface area contributed by atoms with Crippen molar-refractivity contribution in [2.45, 2.75) is 0 Å². The number of fused-ring (bicyclic) bond motifs is 10. The Morgan fingerprint density at radius 3 is 1.32 bits per heavy atom. The normalized spacial score (nSPS) is 12.0. The molecule has 0 unspecified atom stereocenters. The van der Waals surface area contributed by atoms with Crippen LogP contribution in [0.25, 0.3) is 89.4 Å². The van der Waals surface area contributed by atoms with E-state index in [1.165, 1.54) is 62.8 Å². The van der Waals surface area contributed by atoms with Crippen LogP contribution >= 0.6 is 0 Å². The van der Waals surface area contributed by atoms with Gasteiger partial charge in [-0.05, 0) is 89.8 Å². The molecule has 6 nitrogen and oxygen atoms in total. The molecule has 4 aromatic carbocycles. The minimum atomic E-state index is -2.37. The molecule has 0 aliphatic carbocycles. The van der Waals surface area contributed by atoms with Crippen molar-refractivity contribution < 1.29 is 53.4 Å². The second-order valence-electron chi connectivity index (χ2n) is 13.3. The van der Waals surface area contributed by atoms with E-state index in [2.05, 4.69) is 19.9 Å². The minimum Gasteiger partial charge on any atom is -0.497 e. The highest BCUT2D eigenvalue weighted by molar-refractivity contribution is 6.07. The maximum Gasteiger partial charge on any atom is 0.200 e. The van der Waals surface area contributed by atoms with Gasteiger partial charge in [0.25, 0.3) is 0 Å². The van der Waals surface area contributed by atoms with E-state index in [1.54, 1.807) is 30.3 Å². The van der Waals surface area contributed by atoms with Gasteiger partial charge in [-0.15, -0.1) is 0 Å². The molecule has 59 heavy (non-hydrogen) atoms. The van der Waals surface area contributed by atoms with Crippen molar-refractivity contribution in [3.8, 4) is 44.9 Å². The fourth-order valence-corrected chi connectivity index (χ4v) is 7.43. The van der Waals surface area contributed by atoms with Gasteiger partial charge < -0.3 is 24.4 Å². The monoisotopic (exact) mass is 816 g/mol. The van der Waals surface area contributed by atoms with Crippen molar-refractivity contribution in [2.24, 2.45) is 0 Å². The zero-order valence-electron chi connectivity index (χ0n) is 30.0. The summed E-state index contributed by atoms with van der Waals surface area (Å²) < 4.78 is 162. The number of methoxy groups -OCH3 is 2. The minimum absolute atomic E-state index is 0.0464. The van der Waals surface area contributed by atoms with Crippen molar-refractivity contribution in [1.29, 1.82) is 0 Å². The lowest BCUT2D eigenvalue weighted by molar-refractivity contribution is 0.381. The number of nitrogens with one attached hydrogen (secondary N) is 3.